The van der Waals surface area contributed by atoms with Crippen LogP contribution >= 0.6 is 11.3 Å². The van der Waals surface area contributed by atoms with Gasteiger partial charge in [-0.2, -0.15) is 0 Å². The number of para-hydroxylation sites is 2. The highest BCUT2D eigenvalue weighted by atomic mass is 32.1. The lowest BCUT2D eigenvalue weighted by atomic mass is 10.1. The number of amides is 1. The minimum Gasteiger partial charge on any atom is -0.439 e. The van der Waals surface area contributed by atoms with Crippen LogP contribution in [0.15, 0.2) is 91.4 Å². The van der Waals surface area contributed by atoms with Crippen molar-refractivity contribution in [3.63, 3.8) is 0 Å². The second-order valence-corrected chi connectivity index (χ2v) is 7.69. The zero-order valence-electron chi connectivity index (χ0n) is 16.2. The van der Waals surface area contributed by atoms with Crippen molar-refractivity contribution >= 4 is 33.1 Å². The summed E-state index contributed by atoms with van der Waals surface area (Å²) in [6.45, 7) is 0. The molecule has 3 aromatic heterocycles. The summed E-state index contributed by atoms with van der Waals surface area (Å²) < 4.78 is 6.68. The Hall–Kier alpha value is -4.10. The van der Waals surface area contributed by atoms with Gasteiger partial charge in [0.2, 0.25) is 5.88 Å². The molecule has 0 radical (unpaired) electrons. The number of pyridine rings is 2. The molecule has 0 aliphatic carbocycles. The van der Waals surface area contributed by atoms with Crippen LogP contribution in [-0.2, 0) is 0 Å². The van der Waals surface area contributed by atoms with E-state index in [1.807, 2.05) is 60.7 Å². The molecule has 0 unspecified atom stereocenters. The van der Waals surface area contributed by atoms with Gasteiger partial charge in [-0.15, -0.1) is 11.3 Å². The van der Waals surface area contributed by atoms with Gasteiger partial charge in [-0.25, -0.2) is 9.97 Å². The molecule has 0 aliphatic heterocycles. The summed E-state index contributed by atoms with van der Waals surface area (Å²) in [5.74, 6) is 0.854. The van der Waals surface area contributed by atoms with E-state index in [-0.39, 0.29) is 5.91 Å². The van der Waals surface area contributed by atoms with E-state index in [0.29, 0.717) is 22.9 Å². The number of fused-ring (bicyclic) bond motifs is 1. The quantitative estimate of drug-likeness (QED) is 0.386. The van der Waals surface area contributed by atoms with Gasteiger partial charge in [-0.3, -0.25) is 9.78 Å². The molecule has 3 heterocycles. The number of ether oxygens (including phenoxy) is 1. The molecule has 0 saturated carbocycles. The van der Waals surface area contributed by atoms with Crippen LogP contribution in [0.4, 0.5) is 5.69 Å². The minimum atomic E-state index is -0.256. The number of benzene rings is 2. The van der Waals surface area contributed by atoms with Gasteiger partial charge in [0.1, 0.15) is 10.8 Å². The maximum Gasteiger partial charge on any atom is 0.257 e. The molecule has 6 nitrogen and oxygen atoms in total. The first-order valence-corrected chi connectivity index (χ1v) is 10.4. The van der Waals surface area contributed by atoms with Crippen molar-refractivity contribution in [2.45, 2.75) is 0 Å². The van der Waals surface area contributed by atoms with Crippen molar-refractivity contribution in [3.05, 3.63) is 97.0 Å². The van der Waals surface area contributed by atoms with Crippen molar-refractivity contribution in [1.29, 1.82) is 0 Å². The van der Waals surface area contributed by atoms with Crippen molar-refractivity contribution in [3.8, 4) is 22.2 Å². The highest BCUT2D eigenvalue weighted by molar-refractivity contribution is 7.21. The summed E-state index contributed by atoms with van der Waals surface area (Å²) in [5, 5.41) is 3.79. The second kappa shape index (κ2) is 8.33. The maximum atomic E-state index is 12.8. The Balaban J connectivity index is 1.36. The maximum absolute atomic E-state index is 12.8. The zero-order chi connectivity index (χ0) is 21.0. The molecule has 0 fully saturated rings. The van der Waals surface area contributed by atoms with E-state index in [9.17, 15) is 4.79 Å². The predicted molar refractivity (Wildman–Crippen MR) is 122 cm³/mol. The third kappa shape index (κ3) is 4.12. The summed E-state index contributed by atoms with van der Waals surface area (Å²) >= 11 is 1.54. The Kier molecular flexibility index (Phi) is 5.08. The first-order chi connectivity index (χ1) is 15.3. The number of hydrogen-bond donors (Lipinski definition) is 1. The first-order valence-electron chi connectivity index (χ1n) is 9.56. The smallest absolute Gasteiger partial charge is 0.257 e. The number of nitrogens with zero attached hydrogens (tertiary/aromatic N) is 3. The fourth-order valence-electron chi connectivity index (χ4n) is 3.05. The number of anilines is 1. The Morgan fingerprint density at radius 1 is 0.903 bits per heavy atom. The van der Waals surface area contributed by atoms with Crippen molar-refractivity contribution in [1.82, 2.24) is 15.0 Å². The van der Waals surface area contributed by atoms with Gasteiger partial charge in [-0.05, 0) is 36.4 Å². The SMILES string of the molecule is O=C(Nc1ccccc1-c1nc2ccncc2s1)c1ccc(Oc2ccccc2)nc1. The van der Waals surface area contributed by atoms with Crippen LogP contribution in [0.25, 0.3) is 20.8 Å². The molecule has 0 saturated heterocycles. The van der Waals surface area contributed by atoms with Crippen molar-refractivity contribution < 1.29 is 9.53 Å². The molecule has 0 atom stereocenters. The highest BCUT2D eigenvalue weighted by Gasteiger charge is 2.14. The molecule has 150 valence electrons. The Morgan fingerprint density at radius 3 is 2.55 bits per heavy atom. The van der Waals surface area contributed by atoms with Crippen LogP contribution in [-0.4, -0.2) is 20.9 Å². The molecule has 0 spiro atoms. The van der Waals surface area contributed by atoms with Crippen molar-refractivity contribution in [2.24, 2.45) is 0 Å². The van der Waals surface area contributed by atoms with Crippen LogP contribution in [0.1, 0.15) is 10.4 Å². The molecule has 31 heavy (non-hydrogen) atoms. The molecule has 5 aromatic rings. The molecule has 7 heteroatoms. The summed E-state index contributed by atoms with van der Waals surface area (Å²) in [7, 11) is 0. The molecule has 0 bridgehead atoms. The second-order valence-electron chi connectivity index (χ2n) is 6.66. The third-order valence-corrected chi connectivity index (χ3v) is 5.60. The number of thiazole rings is 1. The molecule has 0 aliphatic rings. The number of aromatic nitrogens is 3. The van der Waals surface area contributed by atoms with Gasteiger partial charge < -0.3 is 10.1 Å². The number of nitrogens with one attached hydrogen (secondary N) is 1. The number of hydrogen-bond acceptors (Lipinski definition) is 6. The van der Waals surface area contributed by atoms with E-state index in [1.54, 1.807) is 24.5 Å². The normalized spacial score (nSPS) is 10.7. The molecule has 5 rings (SSSR count). The van der Waals surface area contributed by atoms with Crippen LogP contribution in [0, 0.1) is 0 Å². The van der Waals surface area contributed by atoms with Gasteiger partial charge >= 0.3 is 0 Å². The van der Waals surface area contributed by atoms with Gasteiger partial charge in [0.05, 0.1) is 21.5 Å². The molecular formula is C24H16N4O2S. The summed E-state index contributed by atoms with van der Waals surface area (Å²) in [6, 6.07) is 22.2. The van der Waals surface area contributed by atoms with Gasteiger partial charge in [-0.1, -0.05) is 30.3 Å². The van der Waals surface area contributed by atoms with E-state index in [4.69, 9.17) is 4.74 Å². The zero-order valence-corrected chi connectivity index (χ0v) is 17.0. The summed E-state index contributed by atoms with van der Waals surface area (Å²) in [5.41, 5.74) is 2.86. The lowest BCUT2D eigenvalue weighted by molar-refractivity contribution is 0.102. The number of carbonyl (C=O) groups is 1. The number of rotatable bonds is 5. The fraction of sp³-hybridized carbons (Fsp3) is 0. The lowest BCUT2D eigenvalue weighted by Gasteiger charge is -2.10. The Labute approximate surface area is 182 Å². The van der Waals surface area contributed by atoms with Crippen LogP contribution < -0.4 is 10.1 Å². The molecule has 1 N–H and O–H groups in total. The predicted octanol–water partition coefficient (Wildman–Crippen LogP) is 5.80. The van der Waals surface area contributed by atoms with Crippen LogP contribution in [0.5, 0.6) is 11.6 Å². The van der Waals surface area contributed by atoms with Gasteiger partial charge in [0, 0.05) is 30.2 Å². The number of carbonyl (C=O) groups excluding carboxylic acids is 1. The standard InChI is InChI=1S/C24H16N4O2S/c29-23(16-10-11-22(26-14-16)30-17-6-2-1-3-7-17)27-19-9-5-4-8-18(19)24-28-20-12-13-25-15-21(20)31-24/h1-15H,(H,27,29). The molecule has 2 aromatic carbocycles. The average molecular weight is 424 g/mol. The lowest BCUT2D eigenvalue weighted by Crippen LogP contribution is -2.12. The van der Waals surface area contributed by atoms with E-state index in [0.717, 1.165) is 20.8 Å². The van der Waals surface area contributed by atoms with E-state index in [2.05, 4.69) is 20.3 Å². The highest BCUT2D eigenvalue weighted by Crippen LogP contribution is 2.34. The fourth-order valence-corrected chi connectivity index (χ4v) is 4.02. The Morgan fingerprint density at radius 2 is 1.74 bits per heavy atom. The van der Waals surface area contributed by atoms with Crippen LogP contribution in [0.2, 0.25) is 0 Å². The van der Waals surface area contributed by atoms with Crippen molar-refractivity contribution in [2.75, 3.05) is 5.32 Å². The van der Waals surface area contributed by atoms with E-state index >= 15 is 0 Å². The monoisotopic (exact) mass is 424 g/mol. The van der Waals surface area contributed by atoms with E-state index in [1.165, 1.54) is 17.5 Å². The summed E-state index contributed by atoms with van der Waals surface area (Å²) in [6.07, 6.45) is 5.01. The topological polar surface area (TPSA) is 77.0 Å². The largest absolute Gasteiger partial charge is 0.439 e. The Bertz CT molecular complexity index is 1320. The van der Waals surface area contributed by atoms with E-state index < -0.39 is 0 Å². The molecule has 1 amide bonds. The molecular weight excluding hydrogens is 408 g/mol. The first kappa shape index (κ1) is 18.9. The average Bonchev–Trinajstić information content (AvgIpc) is 3.25. The van der Waals surface area contributed by atoms with Crippen LogP contribution in [0.3, 0.4) is 0 Å². The van der Waals surface area contributed by atoms with Gasteiger partial charge in [0.25, 0.3) is 5.91 Å². The minimum absolute atomic E-state index is 0.256. The third-order valence-electron chi connectivity index (χ3n) is 4.56. The summed E-state index contributed by atoms with van der Waals surface area (Å²) in [4.78, 5) is 25.9. The van der Waals surface area contributed by atoms with Gasteiger partial charge in [0.15, 0.2) is 0 Å².